The molecule has 24 heavy (non-hydrogen) atoms. The lowest BCUT2D eigenvalue weighted by Crippen LogP contribution is -2.36. The minimum atomic E-state index is -0.475. The third-order valence-corrected chi connectivity index (χ3v) is 4.21. The van der Waals surface area contributed by atoms with Crippen molar-refractivity contribution in [2.75, 3.05) is 18.4 Å². The molecule has 0 radical (unpaired) electrons. The number of rotatable bonds is 2. The first-order valence-corrected chi connectivity index (χ1v) is 8.76. The molecule has 1 saturated heterocycles. The number of hydrogen-bond donors (Lipinski definition) is 1. The minimum Gasteiger partial charge on any atom is -0.444 e. The smallest absolute Gasteiger partial charge is 0.410 e. The summed E-state index contributed by atoms with van der Waals surface area (Å²) in [4.78, 5) is 22.7. The highest BCUT2D eigenvalue weighted by molar-refractivity contribution is 9.10. The number of carbonyl (C=O) groups excluding carboxylic acids is 1. The Morgan fingerprint density at radius 1 is 1.42 bits per heavy atom. The standard InChI is InChI=1S/C17H21BrN4O2/c1-17(2,3)24-16(23)22-7-6-13(10-22)20-15-19-9-11-4-5-12(18)8-14(11)21-15/h4-5,8-9,13H,6-7,10H2,1-3H3,(H,19,20,21). The molecule has 7 heteroatoms. The van der Waals surface area contributed by atoms with E-state index in [1.54, 1.807) is 11.1 Å². The summed E-state index contributed by atoms with van der Waals surface area (Å²) < 4.78 is 6.40. The predicted molar refractivity (Wildman–Crippen MR) is 97.1 cm³/mol. The molecule has 1 aromatic heterocycles. The maximum Gasteiger partial charge on any atom is 0.410 e. The molecule has 0 bridgehead atoms. The Morgan fingerprint density at radius 3 is 2.96 bits per heavy atom. The van der Waals surface area contributed by atoms with E-state index >= 15 is 0 Å². The molecular formula is C17H21BrN4O2. The fourth-order valence-electron chi connectivity index (χ4n) is 2.62. The van der Waals surface area contributed by atoms with Crippen LogP contribution in [0.15, 0.2) is 28.9 Å². The normalized spacial score (nSPS) is 18.0. The van der Waals surface area contributed by atoms with Crippen molar-refractivity contribution >= 4 is 38.9 Å². The van der Waals surface area contributed by atoms with Crippen LogP contribution < -0.4 is 5.32 Å². The number of halogens is 1. The van der Waals surface area contributed by atoms with Gasteiger partial charge in [-0.25, -0.2) is 14.8 Å². The van der Waals surface area contributed by atoms with Crippen molar-refractivity contribution in [3.8, 4) is 0 Å². The summed E-state index contributed by atoms with van der Waals surface area (Å²) in [5, 5.41) is 4.30. The third-order valence-electron chi connectivity index (χ3n) is 3.72. The quantitative estimate of drug-likeness (QED) is 0.841. The molecule has 2 heterocycles. The molecule has 1 aliphatic rings. The second-order valence-electron chi connectivity index (χ2n) is 6.95. The van der Waals surface area contributed by atoms with Gasteiger partial charge in [0.25, 0.3) is 0 Å². The summed E-state index contributed by atoms with van der Waals surface area (Å²) in [7, 11) is 0. The molecule has 1 amide bonds. The molecule has 6 nitrogen and oxygen atoms in total. The molecule has 1 aliphatic heterocycles. The molecule has 3 rings (SSSR count). The van der Waals surface area contributed by atoms with Gasteiger partial charge in [-0.15, -0.1) is 0 Å². The first kappa shape index (κ1) is 17.0. The molecule has 2 aromatic rings. The van der Waals surface area contributed by atoms with Gasteiger partial charge >= 0.3 is 6.09 Å². The van der Waals surface area contributed by atoms with E-state index in [1.807, 2.05) is 39.0 Å². The number of fused-ring (bicyclic) bond motifs is 1. The Labute approximate surface area is 149 Å². The van der Waals surface area contributed by atoms with Gasteiger partial charge in [0, 0.05) is 35.2 Å². The highest BCUT2D eigenvalue weighted by Crippen LogP contribution is 2.20. The highest BCUT2D eigenvalue weighted by atomic mass is 79.9. The number of hydrogen-bond acceptors (Lipinski definition) is 5. The van der Waals surface area contributed by atoms with Crippen LogP contribution in [0, 0.1) is 0 Å². The first-order valence-electron chi connectivity index (χ1n) is 7.97. The fourth-order valence-corrected chi connectivity index (χ4v) is 2.97. The Morgan fingerprint density at radius 2 is 2.21 bits per heavy atom. The SMILES string of the molecule is CC(C)(C)OC(=O)N1CCC(Nc2ncc3ccc(Br)cc3n2)C1. The van der Waals surface area contributed by atoms with E-state index in [0.29, 0.717) is 19.0 Å². The molecular weight excluding hydrogens is 372 g/mol. The van der Waals surface area contributed by atoms with Crippen molar-refractivity contribution in [2.24, 2.45) is 0 Å². The van der Waals surface area contributed by atoms with Crippen molar-refractivity contribution in [1.82, 2.24) is 14.9 Å². The van der Waals surface area contributed by atoms with E-state index in [9.17, 15) is 4.79 Å². The zero-order chi connectivity index (χ0) is 17.3. The second-order valence-corrected chi connectivity index (χ2v) is 7.87. The number of amides is 1. The molecule has 128 valence electrons. The number of benzene rings is 1. The van der Waals surface area contributed by atoms with Crippen LogP contribution in [0.3, 0.4) is 0 Å². The lowest BCUT2D eigenvalue weighted by atomic mass is 10.2. The van der Waals surface area contributed by atoms with Crippen molar-refractivity contribution < 1.29 is 9.53 Å². The topological polar surface area (TPSA) is 67.3 Å². The van der Waals surface area contributed by atoms with Crippen LogP contribution in [-0.4, -0.2) is 45.7 Å². The van der Waals surface area contributed by atoms with Crippen molar-refractivity contribution in [2.45, 2.75) is 38.8 Å². The molecule has 0 saturated carbocycles. The van der Waals surface area contributed by atoms with Gasteiger partial charge in [-0.05, 0) is 39.3 Å². The van der Waals surface area contributed by atoms with Crippen LogP contribution in [0.1, 0.15) is 27.2 Å². The minimum absolute atomic E-state index is 0.127. The molecule has 1 atom stereocenters. The largest absolute Gasteiger partial charge is 0.444 e. The number of aromatic nitrogens is 2. The van der Waals surface area contributed by atoms with Gasteiger partial charge in [0.15, 0.2) is 0 Å². The number of nitrogens with one attached hydrogen (secondary N) is 1. The molecule has 0 aliphatic carbocycles. The Balaban J connectivity index is 1.64. The summed E-state index contributed by atoms with van der Waals surface area (Å²) in [5.74, 6) is 0.580. The lowest BCUT2D eigenvalue weighted by molar-refractivity contribution is 0.0293. The highest BCUT2D eigenvalue weighted by Gasteiger charge is 2.30. The third kappa shape index (κ3) is 4.14. The van der Waals surface area contributed by atoms with Crippen LogP contribution in [-0.2, 0) is 4.74 Å². The van der Waals surface area contributed by atoms with E-state index in [4.69, 9.17) is 4.74 Å². The predicted octanol–water partition coefficient (Wildman–Crippen LogP) is 3.81. The van der Waals surface area contributed by atoms with E-state index in [2.05, 4.69) is 31.2 Å². The van der Waals surface area contributed by atoms with Crippen molar-refractivity contribution in [3.63, 3.8) is 0 Å². The first-order chi connectivity index (χ1) is 11.3. The number of ether oxygens (including phenoxy) is 1. The Hall–Kier alpha value is -1.89. The summed E-state index contributed by atoms with van der Waals surface area (Å²) in [6.45, 7) is 6.88. The number of likely N-dealkylation sites (tertiary alicyclic amines) is 1. The molecule has 1 fully saturated rings. The maximum absolute atomic E-state index is 12.1. The van der Waals surface area contributed by atoms with Gasteiger partial charge < -0.3 is 15.0 Å². The molecule has 0 spiro atoms. The van der Waals surface area contributed by atoms with Gasteiger partial charge in [0.1, 0.15) is 5.60 Å². The lowest BCUT2D eigenvalue weighted by Gasteiger charge is -2.24. The summed E-state index contributed by atoms with van der Waals surface area (Å²) in [6, 6.07) is 6.03. The van der Waals surface area contributed by atoms with Gasteiger partial charge in [-0.3, -0.25) is 0 Å². The number of carbonyl (C=O) groups is 1. The van der Waals surface area contributed by atoms with Gasteiger partial charge in [-0.2, -0.15) is 0 Å². The Kier molecular flexibility index (Phi) is 4.62. The Bertz CT molecular complexity index is 760. The number of nitrogens with zero attached hydrogens (tertiary/aromatic N) is 3. The average molecular weight is 393 g/mol. The molecule has 1 N–H and O–H groups in total. The maximum atomic E-state index is 12.1. The second kappa shape index (κ2) is 6.55. The van der Waals surface area contributed by atoms with Gasteiger partial charge in [0.05, 0.1) is 5.52 Å². The summed E-state index contributed by atoms with van der Waals surface area (Å²) >= 11 is 3.45. The van der Waals surface area contributed by atoms with Crippen LogP contribution in [0.5, 0.6) is 0 Å². The fraction of sp³-hybridized carbons (Fsp3) is 0.471. The number of anilines is 1. The zero-order valence-electron chi connectivity index (χ0n) is 14.0. The summed E-state index contributed by atoms with van der Waals surface area (Å²) in [5.41, 5.74) is 0.404. The zero-order valence-corrected chi connectivity index (χ0v) is 15.6. The average Bonchev–Trinajstić information content (AvgIpc) is 2.94. The van der Waals surface area contributed by atoms with Crippen LogP contribution in [0.2, 0.25) is 0 Å². The van der Waals surface area contributed by atoms with Crippen LogP contribution >= 0.6 is 15.9 Å². The van der Waals surface area contributed by atoms with Crippen LogP contribution in [0.25, 0.3) is 10.9 Å². The monoisotopic (exact) mass is 392 g/mol. The van der Waals surface area contributed by atoms with E-state index in [1.165, 1.54) is 0 Å². The van der Waals surface area contributed by atoms with Gasteiger partial charge in [0.2, 0.25) is 5.95 Å². The van der Waals surface area contributed by atoms with Crippen molar-refractivity contribution in [1.29, 1.82) is 0 Å². The molecule has 1 aromatic carbocycles. The van der Waals surface area contributed by atoms with E-state index in [-0.39, 0.29) is 12.1 Å². The summed E-state index contributed by atoms with van der Waals surface area (Å²) in [6.07, 6.45) is 2.38. The van der Waals surface area contributed by atoms with Crippen molar-refractivity contribution in [3.05, 3.63) is 28.9 Å². The van der Waals surface area contributed by atoms with E-state index in [0.717, 1.165) is 21.8 Å². The van der Waals surface area contributed by atoms with Crippen LogP contribution in [0.4, 0.5) is 10.7 Å². The van der Waals surface area contributed by atoms with E-state index < -0.39 is 5.60 Å². The molecule has 1 unspecified atom stereocenters. The van der Waals surface area contributed by atoms with Gasteiger partial charge in [-0.1, -0.05) is 22.0 Å².